The fourth-order valence-corrected chi connectivity index (χ4v) is 2.39. The summed E-state index contributed by atoms with van der Waals surface area (Å²) in [6, 6.07) is 2.96. The molecule has 0 radical (unpaired) electrons. The topological polar surface area (TPSA) is 28.4 Å². The Labute approximate surface area is 116 Å². The van der Waals surface area contributed by atoms with E-state index in [1.165, 1.54) is 18.4 Å². The van der Waals surface area contributed by atoms with Crippen molar-refractivity contribution in [2.45, 2.75) is 52.2 Å². The van der Waals surface area contributed by atoms with Gasteiger partial charge in [0, 0.05) is 24.7 Å². The molecule has 1 aromatic rings. The minimum Gasteiger partial charge on any atom is -0.465 e. The molecule has 1 heterocycles. The van der Waals surface area contributed by atoms with Crippen molar-refractivity contribution in [3.8, 4) is 0 Å². The third-order valence-corrected chi connectivity index (χ3v) is 3.60. The molecular formula is C16H26N2O. The number of nitrogens with zero attached hydrogens (tertiary/aromatic N) is 1. The second-order valence-electron chi connectivity index (χ2n) is 5.42. The number of rotatable bonds is 9. The van der Waals surface area contributed by atoms with Gasteiger partial charge in [0.2, 0.25) is 0 Å². The van der Waals surface area contributed by atoms with Gasteiger partial charge in [0.15, 0.2) is 0 Å². The second-order valence-corrected chi connectivity index (χ2v) is 5.42. The van der Waals surface area contributed by atoms with Crippen molar-refractivity contribution < 1.29 is 4.42 Å². The number of nitrogens with one attached hydrogen (secondary N) is 1. The van der Waals surface area contributed by atoms with Crippen LogP contribution in [0.25, 0.3) is 0 Å². The van der Waals surface area contributed by atoms with E-state index < -0.39 is 0 Å². The summed E-state index contributed by atoms with van der Waals surface area (Å²) in [6.45, 7) is 11.9. The molecule has 0 aliphatic heterocycles. The molecular weight excluding hydrogens is 236 g/mol. The molecule has 0 atom stereocenters. The molecule has 2 rings (SSSR count). The number of aryl methyl sites for hydroxylation is 1. The Hall–Kier alpha value is -1.06. The average molecular weight is 262 g/mol. The first kappa shape index (κ1) is 14.4. The van der Waals surface area contributed by atoms with Gasteiger partial charge < -0.3 is 9.73 Å². The smallest absolute Gasteiger partial charge is 0.118 e. The van der Waals surface area contributed by atoms with E-state index in [1.54, 1.807) is 0 Å². The predicted molar refractivity (Wildman–Crippen MR) is 79.1 cm³/mol. The first-order valence-electron chi connectivity index (χ1n) is 7.38. The molecule has 1 saturated carbocycles. The number of hydrogen-bond donors (Lipinski definition) is 1. The minimum absolute atomic E-state index is 0.758. The maximum Gasteiger partial charge on any atom is 0.118 e. The van der Waals surface area contributed by atoms with Crippen LogP contribution in [0.3, 0.4) is 0 Å². The Morgan fingerprint density at radius 1 is 1.53 bits per heavy atom. The molecule has 1 aliphatic carbocycles. The SMILES string of the molecule is C=CCN(Cc1cc(CNCCC)oc1C)C1CC1. The first-order valence-corrected chi connectivity index (χ1v) is 7.38. The lowest BCUT2D eigenvalue weighted by Gasteiger charge is -2.19. The lowest BCUT2D eigenvalue weighted by molar-refractivity contribution is 0.282. The molecule has 1 fully saturated rings. The second kappa shape index (κ2) is 6.92. The zero-order valence-electron chi connectivity index (χ0n) is 12.2. The third kappa shape index (κ3) is 4.22. The summed E-state index contributed by atoms with van der Waals surface area (Å²) >= 11 is 0. The summed E-state index contributed by atoms with van der Waals surface area (Å²) in [4.78, 5) is 2.49. The van der Waals surface area contributed by atoms with Gasteiger partial charge in [0.1, 0.15) is 11.5 Å². The summed E-state index contributed by atoms with van der Waals surface area (Å²) in [5, 5.41) is 3.38. The molecule has 3 heteroatoms. The summed E-state index contributed by atoms with van der Waals surface area (Å²) in [5.41, 5.74) is 1.32. The van der Waals surface area contributed by atoms with Crippen LogP contribution in [0, 0.1) is 6.92 Å². The van der Waals surface area contributed by atoms with E-state index in [0.29, 0.717) is 0 Å². The quantitative estimate of drug-likeness (QED) is 0.547. The van der Waals surface area contributed by atoms with Crippen molar-refractivity contribution in [2.75, 3.05) is 13.1 Å². The summed E-state index contributed by atoms with van der Waals surface area (Å²) in [7, 11) is 0. The van der Waals surface area contributed by atoms with Gasteiger partial charge in [-0.2, -0.15) is 0 Å². The van der Waals surface area contributed by atoms with Gasteiger partial charge in [0.05, 0.1) is 6.54 Å². The Morgan fingerprint density at radius 2 is 2.32 bits per heavy atom. The maximum atomic E-state index is 5.83. The lowest BCUT2D eigenvalue weighted by atomic mass is 10.2. The van der Waals surface area contributed by atoms with E-state index >= 15 is 0 Å². The van der Waals surface area contributed by atoms with Gasteiger partial charge in [0.25, 0.3) is 0 Å². The fraction of sp³-hybridized carbons (Fsp3) is 0.625. The van der Waals surface area contributed by atoms with Crippen molar-refractivity contribution in [1.82, 2.24) is 10.2 Å². The van der Waals surface area contributed by atoms with Crippen LogP contribution in [-0.2, 0) is 13.1 Å². The summed E-state index contributed by atoms with van der Waals surface area (Å²) < 4.78 is 5.83. The summed E-state index contributed by atoms with van der Waals surface area (Å²) in [6.07, 6.45) is 5.81. The monoisotopic (exact) mass is 262 g/mol. The van der Waals surface area contributed by atoms with Gasteiger partial charge in [-0.25, -0.2) is 0 Å². The van der Waals surface area contributed by atoms with Gasteiger partial charge in [-0.15, -0.1) is 6.58 Å². The zero-order chi connectivity index (χ0) is 13.7. The van der Waals surface area contributed by atoms with Gasteiger partial charge in [-0.05, 0) is 38.8 Å². The fourth-order valence-electron chi connectivity index (χ4n) is 2.39. The van der Waals surface area contributed by atoms with E-state index in [0.717, 1.165) is 50.2 Å². The Bertz CT molecular complexity index is 407. The van der Waals surface area contributed by atoms with Gasteiger partial charge >= 0.3 is 0 Å². The predicted octanol–water partition coefficient (Wildman–Crippen LogP) is 3.24. The molecule has 19 heavy (non-hydrogen) atoms. The Balaban J connectivity index is 1.93. The molecule has 0 spiro atoms. The highest BCUT2D eigenvalue weighted by molar-refractivity contribution is 5.21. The molecule has 1 N–H and O–H groups in total. The highest BCUT2D eigenvalue weighted by atomic mass is 16.3. The van der Waals surface area contributed by atoms with E-state index in [9.17, 15) is 0 Å². The van der Waals surface area contributed by atoms with Crippen LogP contribution in [0.1, 0.15) is 43.3 Å². The van der Waals surface area contributed by atoms with E-state index in [4.69, 9.17) is 4.42 Å². The van der Waals surface area contributed by atoms with Crippen molar-refractivity contribution >= 4 is 0 Å². The molecule has 0 saturated heterocycles. The molecule has 0 bridgehead atoms. The molecule has 0 amide bonds. The van der Waals surface area contributed by atoms with Crippen LogP contribution in [0.5, 0.6) is 0 Å². The van der Waals surface area contributed by atoms with Crippen LogP contribution in [0.4, 0.5) is 0 Å². The average Bonchev–Trinajstić information content (AvgIpc) is 3.16. The van der Waals surface area contributed by atoms with Gasteiger partial charge in [-0.1, -0.05) is 13.0 Å². The van der Waals surface area contributed by atoms with Crippen molar-refractivity contribution in [2.24, 2.45) is 0 Å². The Morgan fingerprint density at radius 3 is 2.95 bits per heavy atom. The zero-order valence-corrected chi connectivity index (χ0v) is 12.2. The number of furan rings is 1. The first-order chi connectivity index (χ1) is 9.24. The van der Waals surface area contributed by atoms with Crippen LogP contribution >= 0.6 is 0 Å². The highest BCUT2D eigenvalue weighted by Crippen LogP contribution is 2.29. The van der Waals surface area contributed by atoms with E-state index in [-0.39, 0.29) is 0 Å². The maximum absolute atomic E-state index is 5.83. The Kier molecular flexibility index (Phi) is 5.23. The van der Waals surface area contributed by atoms with Crippen LogP contribution in [0.2, 0.25) is 0 Å². The molecule has 1 aromatic heterocycles. The normalized spacial score (nSPS) is 15.1. The van der Waals surface area contributed by atoms with Gasteiger partial charge in [-0.3, -0.25) is 4.90 Å². The molecule has 3 nitrogen and oxygen atoms in total. The molecule has 0 unspecified atom stereocenters. The third-order valence-electron chi connectivity index (χ3n) is 3.60. The molecule has 106 valence electrons. The summed E-state index contributed by atoms with van der Waals surface area (Å²) in [5.74, 6) is 2.11. The van der Waals surface area contributed by atoms with E-state index in [2.05, 4.69) is 36.7 Å². The lowest BCUT2D eigenvalue weighted by Crippen LogP contribution is -2.25. The minimum atomic E-state index is 0.758. The van der Waals surface area contributed by atoms with Crippen LogP contribution in [0.15, 0.2) is 23.1 Å². The largest absolute Gasteiger partial charge is 0.465 e. The van der Waals surface area contributed by atoms with Crippen molar-refractivity contribution in [1.29, 1.82) is 0 Å². The standard InChI is InChI=1S/C16H26N2O/c1-4-8-17-11-16-10-14(13(3)19-16)12-18(9-5-2)15-6-7-15/h5,10,15,17H,2,4,6-9,11-12H2,1,3H3. The molecule has 0 aromatic carbocycles. The van der Waals surface area contributed by atoms with Crippen LogP contribution in [-0.4, -0.2) is 24.0 Å². The van der Waals surface area contributed by atoms with Crippen molar-refractivity contribution in [3.05, 3.63) is 35.8 Å². The van der Waals surface area contributed by atoms with Crippen LogP contribution < -0.4 is 5.32 Å². The molecule has 1 aliphatic rings. The number of hydrogen-bond acceptors (Lipinski definition) is 3. The highest BCUT2D eigenvalue weighted by Gasteiger charge is 2.28. The van der Waals surface area contributed by atoms with E-state index in [1.807, 2.05) is 6.08 Å². The van der Waals surface area contributed by atoms with Crippen molar-refractivity contribution in [3.63, 3.8) is 0 Å².